The van der Waals surface area contributed by atoms with Crippen LogP contribution < -0.4 is 5.73 Å². The van der Waals surface area contributed by atoms with E-state index in [0.717, 1.165) is 0 Å². The van der Waals surface area contributed by atoms with E-state index in [9.17, 15) is 34.8 Å². The number of carbonyl (C=O) groups excluding carboxylic acids is 3. The van der Waals surface area contributed by atoms with Crippen molar-refractivity contribution in [1.82, 2.24) is 0 Å². The molecule has 6 N–H and O–H groups in total. The summed E-state index contributed by atoms with van der Waals surface area (Å²) in [6.07, 6.45) is -1.23. The Morgan fingerprint density at radius 3 is 2.36 bits per heavy atom. The lowest BCUT2D eigenvalue weighted by molar-refractivity contribution is -0.167. The molecule has 5 atom stereocenters. The molecular weight excluding hydrogens is 426 g/mol. The molecule has 3 aliphatic carbocycles. The second-order valence-electron chi connectivity index (χ2n) is 8.66. The lowest BCUT2D eigenvalue weighted by atomic mass is 9.57. The zero-order chi connectivity index (χ0) is 24.2. The van der Waals surface area contributed by atoms with Crippen molar-refractivity contribution in [2.75, 3.05) is 0 Å². The van der Waals surface area contributed by atoms with E-state index < -0.39 is 52.7 Å². The van der Waals surface area contributed by atoms with Crippen molar-refractivity contribution in [3.8, 4) is 29.4 Å². The molecule has 0 bridgehead atoms. The summed E-state index contributed by atoms with van der Waals surface area (Å²) < 4.78 is 0. The Balaban J connectivity index is 1.95. The van der Waals surface area contributed by atoms with Gasteiger partial charge < -0.3 is 26.2 Å². The molecule has 0 spiro atoms. The van der Waals surface area contributed by atoms with E-state index in [2.05, 4.69) is 23.7 Å². The highest BCUT2D eigenvalue weighted by Gasteiger charge is 2.62. The van der Waals surface area contributed by atoms with Crippen molar-refractivity contribution in [2.24, 2.45) is 23.5 Å². The highest BCUT2D eigenvalue weighted by atomic mass is 16.3. The second kappa shape index (κ2) is 7.77. The number of ketones is 2. The van der Waals surface area contributed by atoms with Crippen LogP contribution in [0.1, 0.15) is 53.7 Å². The van der Waals surface area contributed by atoms with Gasteiger partial charge in [-0.1, -0.05) is 11.8 Å². The van der Waals surface area contributed by atoms with Crippen molar-refractivity contribution in [3.63, 3.8) is 0 Å². The quantitative estimate of drug-likeness (QED) is 0.308. The van der Waals surface area contributed by atoms with Crippen LogP contribution in [-0.4, -0.2) is 49.6 Å². The number of hydrogen-bond acceptors (Lipinski definition) is 7. The molecule has 1 saturated carbocycles. The summed E-state index contributed by atoms with van der Waals surface area (Å²) in [6.45, 7) is 3.21. The molecule has 0 radical (unpaired) electrons. The zero-order valence-electron chi connectivity index (χ0n) is 18.1. The molecule has 33 heavy (non-hydrogen) atoms. The van der Waals surface area contributed by atoms with Gasteiger partial charge >= 0.3 is 0 Å². The van der Waals surface area contributed by atoms with Gasteiger partial charge in [0.2, 0.25) is 5.91 Å². The summed E-state index contributed by atoms with van der Waals surface area (Å²) >= 11 is 0. The Hall–Kier alpha value is -3.59. The molecule has 3 aliphatic rings. The van der Waals surface area contributed by atoms with Crippen molar-refractivity contribution < 1.29 is 34.8 Å². The predicted molar refractivity (Wildman–Crippen MR) is 116 cm³/mol. The molecule has 0 saturated heterocycles. The van der Waals surface area contributed by atoms with Crippen LogP contribution in [0.15, 0.2) is 17.4 Å². The minimum absolute atomic E-state index is 0.0809. The summed E-state index contributed by atoms with van der Waals surface area (Å²) in [7, 11) is 0. The number of aliphatic hydroxyl groups is 3. The highest BCUT2D eigenvalue weighted by Crippen LogP contribution is 2.52. The van der Waals surface area contributed by atoms with Crippen molar-refractivity contribution in [3.05, 3.63) is 39.7 Å². The fourth-order valence-corrected chi connectivity index (χ4v) is 5.47. The third-order valence-electron chi connectivity index (χ3n) is 6.91. The SMILES string of the molecule is CC#Cc1cc(C#CC)c2c(c1O)C(=O)C1=C(O)[C@]3(O)C(=O)C(C(N)=O)C(O)C[C@@H]3C[C@@H]1C2. The fraction of sp³-hybridized carbons (Fsp3) is 0.400. The molecular formula is C25H23NO7. The first-order chi connectivity index (χ1) is 15.6. The second-order valence-corrected chi connectivity index (χ2v) is 8.66. The summed E-state index contributed by atoms with van der Waals surface area (Å²) in [4.78, 5) is 38.3. The number of carbonyl (C=O) groups is 3. The van der Waals surface area contributed by atoms with Gasteiger partial charge in [-0.2, -0.15) is 0 Å². The maximum absolute atomic E-state index is 13.6. The van der Waals surface area contributed by atoms with Gasteiger partial charge in [-0.3, -0.25) is 14.4 Å². The topological polar surface area (TPSA) is 158 Å². The highest BCUT2D eigenvalue weighted by molar-refractivity contribution is 6.16. The van der Waals surface area contributed by atoms with E-state index in [-0.39, 0.29) is 41.7 Å². The average Bonchev–Trinajstić information content (AvgIpc) is 2.74. The number of Topliss-reactive ketones (excluding diaryl/α,β-unsaturated/α-hetero) is 2. The maximum atomic E-state index is 13.6. The molecule has 1 aromatic rings. The summed E-state index contributed by atoms with van der Waals surface area (Å²) in [5.41, 5.74) is 3.66. The van der Waals surface area contributed by atoms with Crippen LogP contribution in [0.2, 0.25) is 0 Å². The van der Waals surface area contributed by atoms with Crippen molar-refractivity contribution in [2.45, 2.75) is 44.8 Å². The number of aliphatic hydroxyl groups excluding tert-OH is 2. The molecule has 2 unspecified atom stereocenters. The van der Waals surface area contributed by atoms with Gasteiger partial charge in [0.05, 0.1) is 17.2 Å². The van der Waals surface area contributed by atoms with Crippen LogP contribution in [0.25, 0.3) is 0 Å². The standard InChI is InChI=1S/C25H23NO7/c1-3-5-11-7-12(6-4-2)20(28)18-15(11)9-13-8-14-10-16(27)19(24(26)32)23(31)25(14,33)22(30)17(13)21(18)29/h7,13-14,16,19,27-28,30,33H,8-10H2,1-2H3,(H2,26,32)/t13-,14+,16?,19?,25+/m1/s1. The first-order valence-corrected chi connectivity index (χ1v) is 10.5. The molecule has 8 heteroatoms. The molecule has 8 nitrogen and oxygen atoms in total. The Kier molecular flexibility index (Phi) is 5.32. The lowest BCUT2D eigenvalue weighted by Crippen LogP contribution is -2.63. The monoisotopic (exact) mass is 449 g/mol. The summed E-state index contributed by atoms with van der Waals surface area (Å²) in [5, 5.41) is 43.5. The van der Waals surface area contributed by atoms with E-state index >= 15 is 0 Å². The van der Waals surface area contributed by atoms with E-state index in [4.69, 9.17) is 5.73 Å². The Morgan fingerprint density at radius 2 is 1.76 bits per heavy atom. The molecule has 1 amide bonds. The first kappa shape index (κ1) is 22.6. The third kappa shape index (κ3) is 3.06. The number of hydrogen-bond donors (Lipinski definition) is 5. The lowest BCUT2D eigenvalue weighted by Gasteiger charge is -2.48. The minimum Gasteiger partial charge on any atom is -0.508 e. The largest absolute Gasteiger partial charge is 0.508 e. The van der Waals surface area contributed by atoms with Crippen molar-refractivity contribution >= 4 is 17.5 Å². The van der Waals surface area contributed by atoms with Crippen LogP contribution >= 0.6 is 0 Å². The van der Waals surface area contributed by atoms with Gasteiger partial charge in [-0.15, -0.1) is 11.8 Å². The molecule has 0 heterocycles. The third-order valence-corrected chi connectivity index (χ3v) is 6.91. The van der Waals surface area contributed by atoms with Crippen LogP contribution in [0.4, 0.5) is 0 Å². The number of allylic oxidation sites excluding steroid dienone is 1. The van der Waals surface area contributed by atoms with Gasteiger partial charge in [0.25, 0.3) is 0 Å². The van der Waals surface area contributed by atoms with Gasteiger partial charge in [0.15, 0.2) is 17.2 Å². The summed E-state index contributed by atoms with van der Waals surface area (Å²) in [5.74, 6) is 3.70. The summed E-state index contributed by atoms with van der Waals surface area (Å²) in [6, 6.07) is 1.60. The van der Waals surface area contributed by atoms with Gasteiger partial charge in [-0.25, -0.2) is 0 Å². The van der Waals surface area contributed by atoms with Crippen molar-refractivity contribution in [1.29, 1.82) is 0 Å². The molecule has 1 aromatic carbocycles. The van der Waals surface area contributed by atoms with Gasteiger partial charge in [0.1, 0.15) is 17.4 Å². The van der Waals surface area contributed by atoms with E-state index in [0.29, 0.717) is 11.1 Å². The van der Waals surface area contributed by atoms with Gasteiger partial charge in [-0.05, 0) is 50.7 Å². The predicted octanol–water partition coefficient (Wildman–Crippen LogP) is 0.488. The van der Waals surface area contributed by atoms with E-state index in [1.165, 1.54) is 0 Å². The smallest absolute Gasteiger partial charge is 0.230 e. The number of fused-ring (bicyclic) bond motifs is 3. The number of phenolic OH excluding ortho intramolecular Hbond substituents is 1. The Labute approximate surface area is 190 Å². The molecule has 170 valence electrons. The normalized spacial score (nSPS) is 30.2. The Morgan fingerprint density at radius 1 is 1.12 bits per heavy atom. The molecule has 0 aromatic heterocycles. The van der Waals surface area contributed by atoms with Gasteiger partial charge in [0, 0.05) is 17.1 Å². The van der Waals surface area contributed by atoms with E-state index in [1.807, 2.05) is 0 Å². The van der Waals surface area contributed by atoms with E-state index in [1.54, 1.807) is 19.9 Å². The number of rotatable bonds is 1. The van der Waals surface area contributed by atoms with Crippen LogP contribution in [0.5, 0.6) is 5.75 Å². The maximum Gasteiger partial charge on any atom is 0.230 e. The fourth-order valence-electron chi connectivity index (χ4n) is 5.47. The minimum atomic E-state index is -2.53. The number of nitrogens with two attached hydrogens (primary N) is 1. The number of primary amides is 1. The number of amides is 1. The van der Waals surface area contributed by atoms with Crippen LogP contribution in [0.3, 0.4) is 0 Å². The van der Waals surface area contributed by atoms with Crippen LogP contribution in [-0.2, 0) is 16.0 Å². The van der Waals surface area contributed by atoms with Crippen LogP contribution in [0, 0.1) is 41.4 Å². The zero-order valence-corrected chi connectivity index (χ0v) is 18.1. The number of benzene rings is 1. The molecule has 4 rings (SSSR count). The Bertz CT molecular complexity index is 1270. The molecule has 0 aliphatic heterocycles. The number of aromatic hydroxyl groups is 1. The first-order valence-electron chi connectivity index (χ1n) is 10.5. The molecule has 1 fully saturated rings. The average molecular weight is 449 g/mol. The number of phenols is 1.